The molecule has 0 saturated carbocycles. The number of para-hydroxylation sites is 1. The molecule has 0 heterocycles. The van der Waals surface area contributed by atoms with Crippen molar-refractivity contribution in [2.24, 2.45) is 0 Å². The number of rotatable bonds is 11. The van der Waals surface area contributed by atoms with Crippen LogP contribution in [0, 0.1) is 0 Å². The molecule has 0 aliphatic rings. The van der Waals surface area contributed by atoms with Crippen molar-refractivity contribution < 1.29 is 19.1 Å². The number of anilines is 2. The molecule has 0 aliphatic carbocycles. The van der Waals surface area contributed by atoms with Gasteiger partial charge in [-0.1, -0.05) is 30.3 Å². The molecule has 35 heavy (non-hydrogen) atoms. The van der Waals surface area contributed by atoms with Crippen molar-refractivity contribution in [2.75, 3.05) is 30.9 Å². The molecule has 3 aromatic carbocycles. The number of thiol groups is 1. The summed E-state index contributed by atoms with van der Waals surface area (Å²) in [6.07, 6.45) is 2.14. The van der Waals surface area contributed by atoms with Crippen LogP contribution in [0.5, 0.6) is 11.5 Å². The first-order chi connectivity index (χ1) is 16.9. The van der Waals surface area contributed by atoms with Gasteiger partial charge in [0.05, 0.1) is 17.4 Å². The Labute approximate surface area is 211 Å². The normalized spacial score (nSPS) is 11.3. The standard InChI is InChI=1S/C27H29N3O4S/c1-28-26(33)15-12-20(17-31)30(3)25-9-5-8-24(27(25)29(2)18-32)19-10-13-21(14-11-19)34-22-6-4-7-23(35)16-22/h4-11,13-14,16-18,20,35H,12,15H2,1-3H3,(H,28,33). The zero-order valence-corrected chi connectivity index (χ0v) is 20.9. The first-order valence-electron chi connectivity index (χ1n) is 11.1. The molecule has 1 N–H and O–H groups in total. The Hall–Kier alpha value is -3.78. The summed E-state index contributed by atoms with van der Waals surface area (Å²) in [5, 5.41) is 2.57. The van der Waals surface area contributed by atoms with Gasteiger partial charge in [-0.2, -0.15) is 0 Å². The SMILES string of the molecule is CNC(=O)CCC(C=O)N(C)c1cccc(-c2ccc(Oc3cccc(S)c3)cc2)c1N(C)C=O. The fraction of sp³-hybridized carbons (Fsp3) is 0.222. The van der Waals surface area contributed by atoms with Crippen molar-refractivity contribution in [3.05, 3.63) is 66.7 Å². The summed E-state index contributed by atoms with van der Waals surface area (Å²) in [5.74, 6) is 1.22. The maximum Gasteiger partial charge on any atom is 0.219 e. The van der Waals surface area contributed by atoms with Crippen LogP contribution in [0.25, 0.3) is 11.1 Å². The predicted molar refractivity (Wildman–Crippen MR) is 142 cm³/mol. The van der Waals surface area contributed by atoms with Gasteiger partial charge in [-0.25, -0.2) is 0 Å². The van der Waals surface area contributed by atoms with E-state index in [1.807, 2.05) is 66.7 Å². The van der Waals surface area contributed by atoms with E-state index < -0.39 is 6.04 Å². The summed E-state index contributed by atoms with van der Waals surface area (Å²) in [6.45, 7) is 0. The van der Waals surface area contributed by atoms with Crippen LogP contribution in [-0.4, -0.2) is 45.8 Å². The van der Waals surface area contributed by atoms with Crippen LogP contribution in [0.4, 0.5) is 11.4 Å². The Balaban J connectivity index is 1.94. The zero-order valence-electron chi connectivity index (χ0n) is 20.0. The number of nitrogens with zero attached hydrogens (tertiary/aromatic N) is 2. The highest BCUT2D eigenvalue weighted by molar-refractivity contribution is 7.80. The number of aldehydes is 1. The number of likely N-dealkylation sites (N-methyl/N-ethyl adjacent to an activating group) is 1. The van der Waals surface area contributed by atoms with Gasteiger partial charge >= 0.3 is 0 Å². The second-order valence-electron chi connectivity index (χ2n) is 8.04. The largest absolute Gasteiger partial charge is 0.457 e. The number of amides is 2. The average molecular weight is 492 g/mol. The van der Waals surface area contributed by atoms with E-state index in [1.54, 1.807) is 26.0 Å². The molecule has 0 aliphatic heterocycles. The second-order valence-corrected chi connectivity index (χ2v) is 8.56. The Morgan fingerprint density at radius 2 is 1.74 bits per heavy atom. The molecule has 1 atom stereocenters. The molecule has 7 nitrogen and oxygen atoms in total. The van der Waals surface area contributed by atoms with Crippen LogP contribution in [0.2, 0.25) is 0 Å². The molecule has 3 aromatic rings. The van der Waals surface area contributed by atoms with E-state index >= 15 is 0 Å². The van der Waals surface area contributed by atoms with Gasteiger partial charge in [0.25, 0.3) is 0 Å². The van der Waals surface area contributed by atoms with Crippen LogP contribution in [-0.2, 0) is 14.4 Å². The molecule has 0 aromatic heterocycles. The number of hydrogen-bond acceptors (Lipinski definition) is 6. The van der Waals surface area contributed by atoms with Gasteiger partial charge in [0.15, 0.2) is 0 Å². The third-order valence-electron chi connectivity index (χ3n) is 5.72. The minimum absolute atomic E-state index is 0.132. The highest BCUT2D eigenvalue weighted by atomic mass is 32.1. The average Bonchev–Trinajstić information content (AvgIpc) is 2.88. The van der Waals surface area contributed by atoms with Gasteiger partial charge in [-0.15, -0.1) is 12.6 Å². The molecule has 182 valence electrons. The zero-order chi connectivity index (χ0) is 25.4. The molecule has 0 radical (unpaired) electrons. The van der Waals surface area contributed by atoms with Gasteiger partial charge in [0.2, 0.25) is 12.3 Å². The number of nitrogens with one attached hydrogen (secondary N) is 1. The van der Waals surface area contributed by atoms with Crippen molar-refractivity contribution in [2.45, 2.75) is 23.8 Å². The smallest absolute Gasteiger partial charge is 0.219 e. The summed E-state index contributed by atoms with van der Waals surface area (Å²) in [7, 11) is 5.03. The quantitative estimate of drug-likeness (QED) is 0.304. The molecule has 0 saturated heterocycles. The van der Waals surface area contributed by atoms with E-state index in [0.29, 0.717) is 29.3 Å². The van der Waals surface area contributed by atoms with E-state index in [-0.39, 0.29) is 12.3 Å². The van der Waals surface area contributed by atoms with Gasteiger partial charge in [0.1, 0.15) is 17.8 Å². The first kappa shape index (κ1) is 25.8. The van der Waals surface area contributed by atoms with E-state index in [0.717, 1.165) is 28.7 Å². The number of ether oxygens (including phenoxy) is 1. The molecular formula is C27H29N3O4S. The van der Waals surface area contributed by atoms with Crippen LogP contribution in [0.1, 0.15) is 12.8 Å². The summed E-state index contributed by atoms with van der Waals surface area (Å²) in [5.41, 5.74) is 3.07. The van der Waals surface area contributed by atoms with E-state index in [4.69, 9.17) is 4.74 Å². The van der Waals surface area contributed by atoms with E-state index in [2.05, 4.69) is 17.9 Å². The Bertz CT molecular complexity index is 1180. The Morgan fingerprint density at radius 3 is 2.37 bits per heavy atom. The van der Waals surface area contributed by atoms with Crippen LogP contribution in [0.3, 0.4) is 0 Å². The van der Waals surface area contributed by atoms with Gasteiger partial charge < -0.3 is 24.6 Å². The van der Waals surface area contributed by atoms with Crippen molar-refractivity contribution in [1.29, 1.82) is 0 Å². The molecule has 8 heteroatoms. The maximum absolute atomic E-state index is 11.9. The predicted octanol–water partition coefficient (Wildman–Crippen LogP) is 4.56. The van der Waals surface area contributed by atoms with E-state index in [1.165, 1.54) is 4.90 Å². The van der Waals surface area contributed by atoms with Crippen molar-refractivity contribution >= 4 is 42.6 Å². The lowest BCUT2D eigenvalue weighted by atomic mass is 10.00. The van der Waals surface area contributed by atoms with Gasteiger partial charge in [-0.3, -0.25) is 9.59 Å². The molecule has 0 fully saturated rings. The summed E-state index contributed by atoms with van der Waals surface area (Å²) in [6, 6.07) is 20.1. The third kappa shape index (κ3) is 6.42. The maximum atomic E-state index is 11.9. The minimum Gasteiger partial charge on any atom is -0.457 e. The second kappa shape index (κ2) is 12.1. The number of benzene rings is 3. The highest BCUT2D eigenvalue weighted by Crippen LogP contribution is 2.39. The van der Waals surface area contributed by atoms with Crippen LogP contribution < -0.4 is 19.9 Å². The molecule has 0 spiro atoms. The van der Waals surface area contributed by atoms with Crippen LogP contribution >= 0.6 is 12.6 Å². The Morgan fingerprint density at radius 1 is 1.03 bits per heavy atom. The Kier molecular flexibility index (Phi) is 8.92. The van der Waals surface area contributed by atoms with Gasteiger partial charge in [-0.05, 0) is 48.4 Å². The molecule has 2 amide bonds. The molecular weight excluding hydrogens is 462 g/mol. The van der Waals surface area contributed by atoms with Crippen molar-refractivity contribution in [3.63, 3.8) is 0 Å². The van der Waals surface area contributed by atoms with Crippen LogP contribution in [0.15, 0.2) is 71.6 Å². The molecule has 3 rings (SSSR count). The van der Waals surface area contributed by atoms with Gasteiger partial charge in [0, 0.05) is 38.0 Å². The lowest BCUT2D eigenvalue weighted by Crippen LogP contribution is -2.35. The third-order valence-corrected chi connectivity index (χ3v) is 6.00. The summed E-state index contributed by atoms with van der Waals surface area (Å²) in [4.78, 5) is 39.5. The molecule has 1 unspecified atom stereocenters. The first-order valence-corrected chi connectivity index (χ1v) is 11.6. The monoisotopic (exact) mass is 491 g/mol. The summed E-state index contributed by atoms with van der Waals surface area (Å²) < 4.78 is 5.92. The molecule has 0 bridgehead atoms. The number of carbonyl (C=O) groups excluding carboxylic acids is 3. The fourth-order valence-electron chi connectivity index (χ4n) is 3.79. The lowest BCUT2D eigenvalue weighted by Gasteiger charge is -2.31. The lowest BCUT2D eigenvalue weighted by molar-refractivity contribution is -0.120. The van der Waals surface area contributed by atoms with E-state index in [9.17, 15) is 14.4 Å². The minimum atomic E-state index is -0.528. The van der Waals surface area contributed by atoms with Crippen molar-refractivity contribution in [3.8, 4) is 22.6 Å². The topological polar surface area (TPSA) is 79.0 Å². The fourth-order valence-corrected chi connectivity index (χ4v) is 4.01. The summed E-state index contributed by atoms with van der Waals surface area (Å²) >= 11 is 4.34. The van der Waals surface area contributed by atoms with Crippen molar-refractivity contribution in [1.82, 2.24) is 5.32 Å². The number of hydrogen-bond donors (Lipinski definition) is 2. The number of carbonyl (C=O) groups is 3. The highest BCUT2D eigenvalue weighted by Gasteiger charge is 2.22.